The number of aromatic nitrogens is 1. The van der Waals surface area contributed by atoms with Gasteiger partial charge in [-0.25, -0.2) is 0 Å². The summed E-state index contributed by atoms with van der Waals surface area (Å²) in [6.45, 7) is 6.52. The van der Waals surface area contributed by atoms with E-state index < -0.39 is 5.60 Å². The molecule has 1 atom stereocenters. The Morgan fingerprint density at radius 3 is 2.80 bits per heavy atom. The van der Waals surface area contributed by atoms with E-state index in [1.165, 1.54) is 0 Å². The number of benzene rings is 1. The zero-order valence-corrected chi connectivity index (χ0v) is 12.4. The summed E-state index contributed by atoms with van der Waals surface area (Å²) in [5.41, 5.74) is 7.82. The van der Waals surface area contributed by atoms with E-state index in [1.54, 1.807) is 6.20 Å². The monoisotopic (exact) mass is 273 g/mol. The van der Waals surface area contributed by atoms with Crippen molar-refractivity contribution in [3.05, 3.63) is 30.5 Å². The van der Waals surface area contributed by atoms with Crippen molar-refractivity contribution >= 4 is 22.3 Å². The number of nitrogens with two attached hydrogens (primary N) is 1. The van der Waals surface area contributed by atoms with Gasteiger partial charge in [0.15, 0.2) is 0 Å². The maximum Gasteiger partial charge on any atom is 0.0793 e. The molecule has 0 saturated carbocycles. The van der Waals surface area contributed by atoms with Crippen molar-refractivity contribution in [2.45, 2.75) is 32.8 Å². The Hall–Kier alpha value is -1.81. The fourth-order valence-corrected chi connectivity index (χ4v) is 2.57. The highest BCUT2D eigenvalue weighted by atomic mass is 16.3. The van der Waals surface area contributed by atoms with Crippen LogP contribution in [0.15, 0.2) is 30.5 Å². The van der Waals surface area contributed by atoms with Crippen LogP contribution in [0.5, 0.6) is 0 Å². The second-order valence-corrected chi connectivity index (χ2v) is 6.05. The van der Waals surface area contributed by atoms with Crippen molar-refractivity contribution in [1.82, 2.24) is 4.98 Å². The van der Waals surface area contributed by atoms with Crippen molar-refractivity contribution in [3.8, 4) is 0 Å². The Morgan fingerprint density at radius 1 is 1.35 bits per heavy atom. The van der Waals surface area contributed by atoms with Gasteiger partial charge in [0.05, 0.1) is 22.5 Å². The first-order chi connectivity index (χ1) is 9.39. The van der Waals surface area contributed by atoms with E-state index in [9.17, 15) is 5.11 Å². The first kappa shape index (κ1) is 14.6. The van der Waals surface area contributed by atoms with Gasteiger partial charge in [-0.05, 0) is 43.5 Å². The lowest BCUT2D eigenvalue weighted by molar-refractivity contribution is 0.0516. The highest BCUT2D eigenvalue weighted by Gasteiger charge is 2.21. The molecule has 2 aromatic rings. The Kier molecular flexibility index (Phi) is 4.14. The van der Waals surface area contributed by atoms with E-state index in [0.717, 1.165) is 23.0 Å². The SMILES string of the molecule is CC(C)CC(C)(O)CNc1ccc2ncccc2c1N. The smallest absolute Gasteiger partial charge is 0.0793 e. The molecule has 0 amide bonds. The van der Waals surface area contributed by atoms with E-state index in [4.69, 9.17) is 5.73 Å². The van der Waals surface area contributed by atoms with Crippen molar-refractivity contribution in [2.24, 2.45) is 5.92 Å². The number of aliphatic hydroxyl groups is 1. The quantitative estimate of drug-likeness (QED) is 0.732. The van der Waals surface area contributed by atoms with E-state index in [2.05, 4.69) is 24.1 Å². The van der Waals surface area contributed by atoms with Gasteiger partial charge in [0.25, 0.3) is 0 Å². The summed E-state index contributed by atoms with van der Waals surface area (Å²) in [5.74, 6) is 0.449. The predicted octanol–water partition coefficient (Wildman–Crippen LogP) is 3.03. The molecule has 0 aliphatic carbocycles. The molecule has 0 radical (unpaired) electrons. The number of nitrogens with zero attached hydrogens (tertiary/aromatic N) is 1. The zero-order valence-electron chi connectivity index (χ0n) is 12.4. The number of nitrogens with one attached hydrogen (secondary N) is 1. The summed E-state index contributed by atoms with van der Waals surface area (Å²) in [4.78, 5) is 4.27. The highest BCUT2D eigenvalue weighted by Crippen LogP contribution is 2.28. The molecule has 4 N–H and O–H groups in total. The van der Waals surface area contributed by atoms with Crippen LogP contribution in [0.2, 0.25) is 0 Å². The highest BCUT2D eigenvalue weighted by molar-refractivity contribution is 5.96. The zero-order chi connectivity index (χ0) is 14.8. The van der Waals surface area contributed by atoms with Crippen molar-refractivity contribution in [3.63, 3.8) is 0 Å². The lowest BCUT2D eigenvalue weighted by Crippen LogP contribution is -2.35. The van der Waals surface area contributed by atoms with Gasteiger partial charge < -0.3 is 16.2 Å². The summed E-state index contributed by atoms with van der Waals surface area (Å²) in [6.07, 6.45) is 2.50. The Labute approximate surface area is 120 Å². The molecule has 1 unspecified atom stereocenters. The van der Waals surface area contributed by atoms with Crippen LogP contribution in [0.25, 0.3) is 10.9 Å². The molecule has 0 saturated heterocycles. The molecule has 108 valence electrons. The van der Waals surface area contributed by atoms with Gasteiger partial charge in [-0.1, -0.05) is 13.8 Å². The number of hydrogen-bond acceptors (Lipinski definition) is 4. The molecular weight excluding hydrogens is 250 g/mol. The second-order valence-electron chi connectivity index (χ2n) is 6.05. The number of rotatable bonds is 5. The van der Waals surface area contributed by atoms with Gasteiger partial charge in [-0.15, -0.1) is 0 Å². The predicted molar refractivity (Wildman–Crippen MR) is 84.7 cm³/mol. The summed E-state index contributed by atoms with van der Waals surface area (Å²) in [5, 5.41) is 14.5. The van der Waals surface area contributed by atoms with Gasteiger partial charge in [0.2, 0.25) is 0 Å². The normalized spacial score (nSPS) is 14.4. The largest absolute Gasteiger partial charge is 0.397 e. The number of pyridine rings is 1. The van der Waals surface area contributed by atoms with Crippen LogP contribution in [-0.4, -0.2) is 22.2 Å². The van der Waals surface area contributed by atoms with Crippen LogP contribution in [0.1, 0.15) is 27.2 Å². The summed E-state index contributed by atoms with van der Waals surface area (Å²) in [6, 6.07) is 7.67. The van der Waals surface area contributed by atoms with Crippen molar-refractivity contribution in [1.29, 1.82) is 0 Å². The molecular formula is C16H23N3O. The topological polar surface area (TPSA) is 71.2 Å². The Morgan fingerprint density at radius 2 is 2.10 bits per heavy atom. The van der Waals surface area contributed by atoms with Gasteiger partial charge in [0, 0.05) is 18.1 Å². The van der Waals surface area contributed by atoms with Crippen LogP contribution in [-0.2, 0) is 0 Å². The molecule has 4 heteroatoms. The van der Waals surface area contributed by atoms with Crippen LogP contribution in [0.4, 0.5) is 11.4 Å². The van der Waals surface area contributed by atoms with Gasteiger partial charge in [-0.2, -0.15) is 0 Å². The number of fused-ring (bicyclic) bond motifs is 1. The Bertz CT molecular complexity index is 593. The van der Waals surface area contributed by atoms with Crippen LogP contribution in [0, 0.1) is 5.92 Å². The molecule has 0 aliphatic rings. The van der Waals surface area contributed by atoms with Crippen LogP contribution < -0.4 is 11.1 Å². The summed E-state index contributed by atoms with van der Waals surface area (Å²) < 4.78 is 0. The van der Waals surface area contributed by atoms with Crippen molar-refractivity contribution in [2.75, 3.05) is 17.6 Å². The fourth-order valence-electron chi connectivity index (χ4n) is 2.57. The van der Waals surface area contributed by atoms with Crippen molar-refractivity contribution < 1.29 is 5.11 Å². The van der Waals surface area contributed by atoms with E-state index in [-0.39, 0.29) is 0 Å². The Balaban J connectivity index is 2.16. The van der Waals surface area contributed by atoms with E-state index in [1.807, 2.05) is 31.2 Å². The standard InChI is InChI=1S/C16H23N3O/c1-11(2)9-16(3,20)10-19-14-7-6-13-12(15(14)17)5-4-8-18-13/h4-8,11,19-20H,9-10,17H2,1-3H3. The first-order valence-electron chi connectivity index (χ1n) is 6.98. The third-order valence-corrected chi connectivity index (χ3v) is 3.33. The summed E-state index contributed by atoms with van der Waals surface area (Å²) >= 11 is 0. The molecule has 0 fully saturated rings. The average molecular weight is 273 g/mol. The minimum Gasteiger partial charge on any atom is -0.397 e. The molecule has 0 bridgehead atoms. The first-order valence-corrected chi connectivity index (χ1v) is 6.98. The van der Waals surface area contributed by atoms with Gasteiger partial charge in [0.1, 0.15) is 0 Å². The molecule has 2 rings (SSSR count). The number of anilines is 2. The molecule has 0 aliphatic heterocycles. The molecule has 1 aromatic heterocycles. The maximum atomic E-state index is 10.3. The van der Waals surface area contributed by atoms with Crippen LogP contribution >= 0.6 is 0 Å². The number of nitrogen functional groups attached to an aromatic ring is 1. The third-order valence-electron chi connectivity index (χ3n) is 3.33. The van der Waals surface area contributed by atoms with E-state index >= 15 is 0 Å². The van der Waals surface area contributed by atoms with Gasteiger partial charge >= 0.3 is 0 Å². The van der Waals surface area contributed by atoms with E-state index in [0.29, 0.717) is 18.2 Å². The second kappa shape index (κ2) is 5.67. The average Bonchev–Trinajstić information content (AvgIpc) is 2.37. The lowest BCUT2D eigenvalue weighted by atomic mass is 9.94. The van der Waals surface area contributed by atoms with Crippen LogP contribution in [0.3, 0.4) is 0 Å². The maximum absolute atomic E-state index is 10.3. The molecule has 20 heavy (non-hydrogen) atoms. The molecule has 1 heterocycles. The minimum absolute atomic E-state index is 0.449. The summed E-state index contributed by atoms with van der Waals surface area (Å²) in [7, 11) is 0. The molecule has 0 spiro atoms. The lowest BCUT2D eigenvalue weighted by Gasteiger charge is -2.26. The molecule has 1 aromatic carbocycles. The minimum atomic E-state index is -0.746. The molecule has 4 nitrogen and oxygen atoms in total. The third kappa shape index (κ3) is 3.39. The number of hydrogen-bond donors (Lipinski definition) is 3. The van der Waals surface area contributed by atoms with Gasteiger partial charge in [-0.3, -0.25) is 4.98 Å². The fraction of sp³-hybridized carbons (Fsp3) is 0.438.